The Morgan fingerprint density at radius 2 is 2.29 bits per heavy atom. The summed E-state index contributed by atoms with van der Waals surface area (Å²) >= 11 is 0. The van der Waals surface area contributed by atoms with E-state index in [2.05, 4.69) is 30.7 Å². The van der Waals surface area contributed by atoms with Gasteiger partial charge in [0, 0.05) is 51.4 Å². The van der Waals surface area contributed by atoms with Crippen LogP contribution < -0.4 is 0 Å². The summed E-state index contributed by atoms with van der Waals surface area (Å²) in [4.78, 5) is 11.2. The van der Waals surface area contributed by atoms with Crippen molar-refractivity contribution in [3.63, 3.8) is 0 Å². The van der Waals surface area contributed by atoms with Crippen LogP contribution in [0.3, 0.4) is 0 Å². The first-order valence-electron chi connectivity index (χ1n) is 7.27. The first-order valence-corrected chi connectivity index (χ1v) is 7.27. The van der Waals surface area contributed by atoms with E-state index in [-0.39, 0.29) is 0 Å². The monoisotopic (exact) mass is 287 g/mol. The van der Waals surface area contributed by atoms with Crippen LogP contribution in [-0.2, 0) is 24.4 Å². The van der Waals surface area contributed by atoms with Crippen molar-refractivity contribution in [1.82, 2.24) is 24.6 Å². The first-order chi connectivity index (χ1) is 10.3. The average molecular weight is 287 g/mol. The second-order valence-electron chi connectivity index (χ2n) is 5.50. The third kappa shape index (κ3) is 3.28. The smallest absolute Gasteiger partial charge is 0.0730 e. The van der Waals surface area contributed by atoms with Crippen LogP contribution in [0.1, 0.15) is 23.5 Å². The standard InChI is InChI=1S/C15H21N5O/c1-12-7-16-8-13(18-12)9-19-10-14-3-5-17-20(14)6-4-15(19)11-21-2/h3,5,7-8,15H,4,6,9-11H2,1-2H3/t15-/m1/s1. The van der Waals surface area contributed by atoms with Gasteiger partial charge in [0.25, 0.3) is 0 Å². The van der Waals surface area contributed by atoms with Crippen molar-refractivity contribution in [2.75, 3.05) is 13.7 Å². The minimum atomic E-state index is 0.374. The number of methoxy groups -OCH3 is 1. The van der Waals surface area contributed by atoms with Crippen LogP contribution in [0, 0.1) is 6.92 Å². The highest BCUT2D eigenvalue weighted by atomic mass is 16.5. The number of hydrogen-bond donors (Lipinski definition) is 0. The van der Waals surface area contributed by atoms with E-state index in [1.807, 2.05) is 19.3 Å². The van der Waals surface area contributed by atoms with Gasteiger partial charge in [0.05, 0.1) is 23.7 Å². The molecule has 0 bridgehead atoms. The summed E-state index contributed by atoms with van der Waals surface area (Å²) in [6.07, 6.45) is 6.53. The van der Waals surface area contributed by atoms with Gasteiger partial charge in [-0.15, -0.1) is 0 Å². The van der Waals surface area contributed by atoms with Crippen molar-refractivity contribution in [3.8, 4) is 0 Å². The highest BCUT2D eigenvalue weighted by molar-refractivity contribution is 5.06. The second-order valence-corrected chi connectivity index (χ2v) is 5.50. The number of nitrogens with zero attached hydrogens (tertiary/aromatic N) is 5. The van der Waals surface area contributed by atoms with Gasteiger partial charge in [-0.1, -0.05) is 0 Å². The lowest BCUT2D eigenvalue weighted by atomic mass is 10.2. The zero-order valence-corrected chi connectivity index (χ0v) is 12.6. The summed E-state index contributed by atoms with van der Waals surface area (Å²) in [6.45, 7) is 5.29. The number of aromatic nitrogens is 4. The molecule has 0 spiro atoms. The molecule has 0 saturated carbocycles. The second kappa shape index (κ2) is 6.32. The van der Waals surface area contributed by atoms with E-state index in [0.29, 0.717) is 6.04 Å². The Balaban J connectivity index is 1.81. The van der Waals surface area contributed by atoms with Crippen molar-refractivity contribution in [2.24, 2.45) is 0 Å². The lowest BCUT2D eigenvalue weighted by Gasteiger charge is -2.28. The molecule has 1 atom stereocenters. The van der Waals surface area contributed by atoms with Crippen LogP contribution in [0.2, 0.25) is 0 Å². The van der Waals surface area contributed by atoms with Crippen molar-refractivity contribution < 1.29 is 4.74 Å². The Morgan fingerprint density at radius 3 is 3.10 bits per heavy atom. The van der Waals surface area contributed by atoms with Crippen molar-refractivity contribution in [2.45, 2.75) is 39.0 Å². The Bertz CT molecular complexity index is 597. The van der Waals surface area contributed by atoms with E-state index >= 15 is 0 Å². The summed E-state index contributed by atoms with van der Waals surface area (Å²) in [6, 6.07) is 2.46. The predicted octanol–water partition coefficient (Wildman–Crippen LogP) is 1.40. The molecule has 112 valence electrons. The van der Waals surface area contributed by atoms with Crippen molar-refractivity contribution in [3.05, 3.63) is 41.7 Å². The fourth-order valence-corrected chi connectivity index (χ4v) is 2.85. The normalized spacial score (nSPS) is 19.2. The molecule has 6 heteroatoms. The molecule has 0 unspecified atom stereocenters. The lowest BCUT2D eigenvalue weighted by Crippen LogP contribution is -2.37. The molecule has 2 aromatic heterocycles. The van der Waals surface area contributed by atoms with E-state index < -0.39 is 0 Å². The van der Waals surface area contributed by atoms with Crippen LogP contribution in [0.25, 0.3) is 0 Å². The van der Waals surface area contributed by atoms with E-state index in [1.54, 1.807) is 13.3 Å². The van der Waals surface area contributed by atoms with Gasteiger partial charge in [0.15, 0.2) is 0 Å². The molecule has 2 aromatic rings. The molecule has 0 fully saturated rings. The molecule has 1 aliphatic rings. The zero-order valence-electron chi connectivity index (χ0n) is 12.6. The maximum Gasteiger partial charge on any atom is 0.0730 e. The van der Waals surface area contributed by atoms with E-state index in [9.17, 15) is 0 Å². The van der Waals surface area contributed by atoms with Crippen LogP contribution >= 0.6 is 0 Å². The molecule has 0 N–H and O–H groups in total. The third-order valence-corrected chi connectivity index (χ3v) is 3.89. The van der Waals surface area contributed by atoms with E-state index in [0.717, 1.165) is 44.0 Å². The van der Waals surface area contributed by atoms with Gasteiger partial charge in [-0.25, -0.2) is 0 Å². The zero-order chi connectivity index (χ0) is 14.7. The third-order valence-electron chi connectivity index (χ3n) is 3.89. The van der Waals surface area contributed by atoms with E-state index in [4.69, 9.17) is 4.74 Å². The number of fused-ring (bicyclic) bond motifs is 1. The minimum Gasteiger partial charge on any atom is -0.383 e. The Kier molecular flexibility index (Phi) is 4.26. The fraction of sp³-hybridized carbons (Fsp3) is 0.533. The Morgan fingerprint density at radius 1 is 1.38 bits per heavy atom. The van der Waals surface area contributed by atoms with E-state index in [1.165, 1.54) is 5.69 Å². The highest BCUT2D eigenvalue weighted by Crippen LogP contribution is 2.19. The van der Waals surface area contributed by atoms with Gasteiger partial charge in [-0.3, -0.25) is 19.5 Å². The largest absolute Gasteiger partial charge is 0.383 e. The number of ether oxygens (including phenoxy) is 1. The average Bonchev–Trinajstić information content (AvgIpc) is 2.84. The van der Waals surface area contributed by atoms with Crippen LogP contribution in [-0.4, -0.2) is 44.4 Å². The molecule has 3 heterocycles. The van der Waals surface area contributed by atoms with Crippen LogP contribution in [0.5, 0.6) is 0 Å². The number of aryl methyl sites for hydroxylation is 2. The molecule has 6 nitrogen and oxygen atoms in total. The van der Waals surface area contributed by atoms with Crippen LogP contribution in [0.4, 0.5) is 0 Å². The van der Waals surface area contributed by atoms with Crippen molar-refractivity contribution >= 4 is 0 Å². The molecular weight excluding hydrogens is 266 g/mol. The molecule has 0 radical (unpaired) electrons. The van der Waals surface area contributed by atoms with Gasteiger partial charge in [0.1, 0.15) is 0 Å². The lowest BCUT2D eigenvalue weighted by molar-refractivity contribution is 0.0771. The SMILES string of the molecule is COC[C@H]1CCn2nccc2CN1Cc1cncc(C)n1. The van der Waals surface area contributed by atoms with Gasteiger partial charge in [0.2, 0.25) is 0 Å². The predicted molar refractivity (Wildman–Crippen MR) is 78.5 cm³/mol. The van der Waals surface area contributed by atoms with Crippen LogP contribution in [0.15, 0.2) is 24.7 Å². The van der Waals surface area contributed by atoms with Gasteiger partial charge < -0.3 is 4.74 Å². The fourth-order valence-electron chi connectivity index (χ4n) is 2.85. The number of rotatable bonds is 4. The highest BCUT2D eigenvalue weighted by Gasteiger charge is 2.24. The first kappa shape index (κ1) is 14.2. The molecule has 3 rings (SSSR count). The molecule has 0 aromatic carbocycles. The molecule has 0 saturated heterocycles. The Labute approximate surface area is 124 Å². The molecular formula is C15H21N5O. The summed E-state index contributed by atoms with van der Waals surface area (Å²) in [5.74, 6) is 0. The quantitative estimate of drug-likeness (QED) is 0.851. The van der Waals surface area contributed by atoms with Crippen molar-refractivity contribution in [1.29, 1.82) is 0 Å². The van der Waals surface area contributed by atoms with Gasteiger partial charge in [-0.2, -0.15) is 5.10 Å². The molecule has 1 aliphatic heterocycles. The molecule has 0 amide bonds. The molecule has 0 aliphatic carbocycles. The van der Waals surface area contributed by atoms with Gasteiger partial charge >= 0.3 is 0 Å². The summed E-state index contributed by atoms with van der Waals surface area (Å²) in [5, 5.41) is 4.39. The topological polar surface area (TPSA) is 56.1 Å². The number of hydrogen-bond acceptors (Lipinski definition) is 5. The summed E-state index contributed by atoms with van der Waals surface area (Å²) in [7, 11) is 1.76. The maximum absolute atomic E-state index is 5.40. The maximum atomic E-state index is 5.40. The van der Waals surface area contributed by atoms with Gasteiger partial charge in [-0.05, 0) is 19.4 Å². The minimum absolute atomic E-state index is 0.374. The molecule has 21 heavy (non-hydrogen) atoms. The summed E-state index contributed by atoms with van der Waals surface area (Å²) < 4.78 is 7.48. The summed E-state index contributed by atoms with van der Waals surface area (Å²) in [5.41, 5.74) is 3.20. The Hall–Kier alpha value is -1.79.